The van der Waals surface area contributed by atoms with E-state index in [2.05, 4.69) is 27.7 Å². The third-order valence-corrected chi connectivity index (χ3v) is 5.95. The number of aromatic nitrogens is 3. The second-order valence-electron chi connectivity index (χ2n) is 9.42. The normalized spacial score (nSPS) is 12.2. The molecule has 2 aromatic carbocycles. The lowest BCUT2D eigenvalue weighted by atomic mass is 9.98. The Morgan fingerprint density at radius 1 is 1.03 bits per heavy atom. The molecule has 0 saturated carbocycles. The highest BCUT2D eigenvalue weighted by molar-refractivity contribution is 5.95. The number of ether oxygens (including phenoxy) is 2. The Balaban J connectivity index is 1.96. The highest BCUT2D eigenvalue weighted by atomic mass is 16.7. The van der Waals surface area contributed by atoms with E-state index in [9.17, 15) is 9.90 Å². The molecule has 0 saturated heterocycles. The topological polar surface area (TPSA) is 86.5 Å². The number of rotatable bonds is 10. The number of carbonyl (C=O) groups is 1. The quantitative estimate of drug-likeness (QED) is 0.391. The predicted octanol–water partition coefficient (Wildman–Crippen LogP) is 5.62. The molecule has 3 aromatic rings. The molecule has 3 rings (SSSR count). The van der Waals surface area contributed by atoms with Crippen molar-refractivity contribution in [2.24, 2.45) is 0 Å². The Morgan fingerprint density at radius 3 is 2.24 bits per heavy atom. The van der Waals surface area contributed by atoms with Gasteiger partial charge >= 0.3 is 5.97 Å². The third kappa shape index (κ3) is 5.37. The Hall–Kier alpha value is -3.03. The van der Waals surface area contributed by atoms with Crippen molar-refractivity contribution in [2.75, 3.05) is 14.2 Å². The molecule has 0 aliphatic carbocycles. The minimum atomic E-state index is -0.980. The minimum absolute atomic E-state index is 0.279. The van der Waals surface area contributed by atoms with Crippen molar-refractivity contribution in [3.8, 4) is 11.1 Å². The largest absolute Gasteiger partial charge is 0.478 e. The molecule has 0 aliphatic rings. The van der Waals surface area contributed by atoms with Crippen LogP contribution in [0.1, 0.15) is 74.5 Å². The molecule has 7 heteroatoms. The zero-order valence-electron chi connectivity index (χ0n) is 21.0. The fourth-order valence-corrected chi connectivity index (χ4v) is 4.05. The summed E-state index contributed by atoms with van der Waals surface area (Å²) in [6.07, 6.45) is 3.18. The molecule has 34 heavy (non-hydrogen) atoms. The number of unbranched alkanes of at least 4 members (excludes halogenated alkanes) is 1. The summed E-state index contributed by atoms with van der Waals surface area (Å²) in [6.45, 7) is 8.40. The van der Waals surface area contributed by atoms with Crippen LogP contribution >= 0.6 is 0 Å². The van der Waals surface area contributed by atoms with Crippen LogP contribution in [-0.4, -0.2) is 40.1 Å². The summed E-state index contributed by atoms with van der Waals surface area (Å²) in [7, 11) is 3.26. The number of hydrogen-bond donors (Lipinski definition) is 1. The smallest absolute Gasteiger partial charge is 0.336 e. The number of benzene rings is 2. The van der Waals surface area contributed by atoms with Gasteiger partial charge in [-0.05, 0) is 49.9 Å². The zero-order valence-corrected chi connectivity index (χ0v) is 21.0. The van der Waals surface area contributed by atoms with Crippen molar-refractivity contribution in [3.05, 3.63) is 71.3 Å². The van der Waals surface area contributed by atoms with Crippen LogP contribution in [0.4, 0.5) is 0 Å². The summed E-state index contributed by atoms with van der Waals surface area (Å²) in [5.74, 6) is -0.571. The lowest BCUT2D eigenvalue weighted by Crippen LogP contribution is -2.33. The van der Waals surface area contributed by atoms with E-state index in [1.54, 1.807) is 26.4 Å². The van der Waals surface area contributed by atoms with Crippen LogP contribution in [-0.2, 0) is 27.2 Å². The van der Waals surface area contributed by atoms with E-state index < -0.39 is 11.8 Å². The van der Waals surface area contributed by atoms with E-state index in [1.807, 2.05) is 41.1 Å². The molecule has 7 nitrogen and oxygen atoms in total. The van der Waals surface area contributed by atoms with Crippen LogP contribution in [0.25, 0.3) is 11.1 Å². The van der Waals surface area contributed by atoms with Crippen LogP contribution in [0.5, 0.6) is 0 Å². The van der Waals surface area contributed by atoms with E-state index >= 15 is 0 Å². The van der Waals surface area contributed by atoms with Gasteiger partial charge in [-0.3, -0.25) is 0 Å². The molecule has 1 N–H and O–H groups in total. The fourth-order valence-electron chi connectivity index (χ4n) is 4.05. The molecule has 1 aromatic heterocycles. The van der Waals surface area contributed by atoms with Gasteiger partial charge in [0.15, 0.2) is 0 Å². The Bertz CT molecular complexity index is 1110. The predicted molar refractivity (Wildman–Crippen MR) is 132 cm³/mol. The van der Waals surface area contributed by atoms with E-state index in [0.29, 0.717) is 24.2 Å². The van der Waals surface area contributed by atoms with E-state index in [0.717, 1.165) is 29.8 Å². The summed E-state index contributed by atoms with van der Waals surface area (Å²) in [6, 6.07) is 14.9. The Morgan fingerprint density at radius 2 is 1.68 bits per heavy atom. The molecule has 0 spiro atoms. The van der Waals surface area contributed by atoms with E-state index in [1.165, 1.54) is 0 Å². The van der Waals surface area contributed by atoms with Crippen molar-refractivity contribution in [1.82, 2.24) is 14.8 Å². The molecule has 0 radical (unpaired) electrons. The summed E-state index contributed by atoms with van der Waals surface area (Å²) in [4.78, 5) is 16.5. The molecule has 0 atom stereocenters. The van der Waals surface area contributed by atoms with Gasteiger partial charge in [0, 0.05) is 27.1 Å². The first-order valence-electron chi connectivity index (χ1n) is 11.6. The number of nitrogens with zero attached hydrogens (tertiary/aromatic N) is 3. The summed E-state index contributed by atoms with van der Waals surface area (Å²) in [5, 5.41) is 14.3. The van der Waals surface area contributed by atoms with Crippen LogP contribution in [0.3, 0.4) is 0 Å². The maximum absolute atomic E-state index is 11.6. The standard InChI is InChI=1S/C27H35N3O4/c1-7-8-17-27(33-5,34-6)25-28-23(30(29-25)26(2,3)4)18-19-13-15-20(16-14-19)21-11-9-10-12-22(21)24(31)32/h9-16H,7-8,17-18H2,1-6H3,(H,31,32). The van der Waals surface area contributed by atoms with Gasteiger partial charge in [-0.25, -0.2) is 14.5 Å². The van der Waals surface area contributed by atoms with Crippen LogP contribution < -0.4 is 0 Å². The summed E-state index contributed by atoms with van der Waals surface area (Å²) >= 11 is 0. The SMILES string of the molecule is CCCCC(OC)(OC)c1nc(Cc2ccc(-c3ccccc3C(=O)O)cc2)n(C(C)(C)C)n1. The van der Waals surface area contributed by atoms with Gasteiger partial charge in [0.05, 0.1) is 11.1 Å². The molecule has 0 bridgehead atoms. The Kier molecular flexibility index (Phi) is 7.89. The number of methoxy groups -OCH3 is 2. The van der Waals surface area contributed by atoms with Crippen molar-refractivity contribution in [2.45, 2.75) is 64.7 Å². The minimum Gasteiger partial charge on any atom is -0.478 e. The first-order chi connectivity index (χ1) is 16.1. The van der Waals surface area contributed by atoms with Gasteiger partial charge in [0.1, 0.15) is 5.82 Å². The third-order valence-electron chi connectivity index (χ3n) is 5.95. The zero-order chi connectivity index (χ0) is 24.9. The molecule has 1 heterocycles. The first kappa shape index (κ1) is 25.6. The van der Waals surface area contributed by atoms with Gasteiger partial charge in [0.25, 0.3) is 0 Å². The molecule has 0 unspecified atom stereocenters. The van der Waals surface area contributed by atoms with Gasteiger partial charge in [-0.1, -0.05) is 55.8 Å². The van der Waals surface area contributed by atoms with Gasteiger partial charge < -0.3 is 14.6 Å². The highest BCUT2D eigenvalue weighted by Crippen LogP contribution is 2.32. The van der Waals surface area contributed by atoms with Crippen molar-refractivity contribution >= 4 is 5.97 Å². The number of carboxylic acids is 1. The monoisotopic (exact) mass is 465 g/mol. The van der Waals surface area contributed by atoms with Gasteiger partial charge in [-0.15, -0.1) is 5.10 Å². The summed E-state index contributed by atoms with van der Waals surface area (Å²) in [5.41, 5.74) is 2.61. The lowest BCUT2D eigenvalue weighted by molar-refractivity contribution is -0.226. The van der Waals surface area contributed by atoms with Gasteiger partial charge in [0.2, 0.25) is 11.6 Å². The van der Waals surface area contributed by atoms with Gasteiger partial charge in [-0.2, -0.15) is 0 Å². The Labute approximate surface area is 201 Å². The average Bonchev–Trinajstić information content (AvgIpc) is 3.25. The second kappa shape index (κ2) is 10.5. The lowest BCUT2D eigenvalue weighted by Gasteiger charge is -2.28. The van der Waals surface area contributed by atoms with E-state index in [-0.39, 0.29) is 11.1 Å². The summed E-state index contributed by atoms with van der Waals surface area (Å²) < 4.78 is 13.5. The van der Waals surface area contributed by atoms with Crippen molar-refractivity contribution < 1.29 is 19.4 Å². The van der Waals surface area contributed by atoms with Crippen molar-refractivity contribution in [1.29, 1.82) is 0 Å². The molecule has 0 amide bonds. The highest BCUT2D eigenvalue weighted by Gasteiger charge is 2.38. The maximum Gasteiger partial charge on any atom is 0.336 e. The number of carboxylic acid groups (broad SMARTS) is 1. The molecular formula is C27H35N3O4. The first-order valence-corrected chi connectivity index (χ1v) is 11.6. The van der Waals surface area contributed by atoms with E-state index in [4.69, 9.17) is 19.6 Å². The molecule has 0 fully saturated rings. The molecular weight excluding hydrogens is 430 g/mol. The number of hydrogen-bond acceptors (Lipinski definition) is 5. The second-order valence-corrected chi connectivity index (χ2v) is 9.42. The fraction of sp³-hybridized carbons (Fsp3) is 0.444. The van der Waals surface area contributed by atoms with Crippen LogP contribution in [0.15, 0.2) is 48.5 Å². The van der Waals surface area contributed by atoms with Crippen molar-refractivity contribution in [3.63, 3.8) is 0 Å². The average molecular weight is 466 g/mol. The maximum atomic E-state index is 11.6. The van der Waals surface area contributed by atoms with Crippen LogP contribution in [0, 0.1) is 0 Å². The number of aromatic carboxylic acids is 1. The van der Waals surface area contributed by atoms with Crippen LogP contribution in [0.2, 0.25) is 0 Å². The molecule has 0 aliphatic heterocycles. The molecule has 182 valence electrons.